The Balaban J connectivity index is 1.95. The highest BCUT2D eigenvalue weighted by Crippen LogP contribution is 2.25. The molecule has 0 aliphatic carbocycles. The number of aryl methyl sites for hydroxylation is 1. The summed E-state index contributed by atoms with van der Waals surface area (Å²) in [5, 5.41) is 5.68. The molecule has 0 radical (unpaired) electrons. The summed E-state index contributed by atoms with van der Waals surface area (Å²) in [5.74, 6) is -0.655. The van der Waals surface area contributed by atoms with Crippen molar-refractivity contribution in [3.05, 3.63) is 74.1 Å². The van der Waals surface area contributed by atoms with Gasteiger partial charge in [-0.25, -0.2) is 9.48 Å². The number of benzene rings is 2. The molecule has 0 bridgehead atoms. The lowest BCUT2D eigenvalue weighted by atomic mass is 10.1. The molecule has 0 unspecified atom stereocenters. The summed E-state index contributed by atoms with van der Waals surface area (Å²) in [6.45, 7) is -0.0871. The van der Waals surface area contributed by atoms with Gasteiger partial charge in [-0.1, -0.05) is 47.5 Å². The summed E-state index contributed by atoms with van der Waals surface area (Å²) in [7, 11) is 1.48. The Labute approximate surface area is 147 Å². The molecule has 2 aromatic carbocycles. The fraction of sp³-hybridized carbons (Fsp3) is 0.118. The lowest BCUT2D eigenvalue weighted by Crippen LogP contribution is -2.23. The van der Waals surface area contributed by atoms with Crippen LogP contribution in [-0.4, -0.2) is 15.7 Å². The first kappa shape index (κ1) is 16.5. The molecule has 3 rings (SSSR count). The smallest absolute Gasteiger partial charge is 0.359 e. The predicted octanol–water partition coefficient (Wildman–Crippen LogP) is 3.60. The number of fused-ring (bicyclic) bond motifs is 1. The minimum Gasteiger partial charge on any atom is -0.456 e. The highest BCUT2D eigenvalue weighted by molar-refractivity contribution is 6.35. The van der Waals surface area contributed by atoms with Gasteiger partial charge in [-0.2, -0.15) is 5.10 Å². The number of nitrogens with zero attached hydrogens (tertiary/aromatic N) is 2. The Morgan fingerprint density at radius 2 is 1.71 bits per heavy atom. The quantitative estimate of drug-likeness (QED) is 0.667. The van der Waals surface area contributed by atoms with Gasteiger partial charge < -0.3 is 4.74 Å². The number of carbonyl (C=O) groups excluding carboxylic acids is 1. The number of hydrogen-bond donors (Lipinski definition) is 0. The van der Waals surface area contributed by atoms with Crippen LogP contribution in [0, 0.1) is 0 Å². The molecule has 0 amide bonds. The van der Waals surface area contributed by atoms with E-state index in [1.54, 1.807) is 42.5 Å². The van der Waals surface area contributed by atoms with Crippen LogP contribution in [0.25, 0.3) is 10.8 Å². The summed E-state index contributed by atoms with van der Waals surface area (Å²) < 4.78 is 6.41. The number of aromatic nitrogens is 2. The van der Waals surface area contributed by atoms with E-state index in [0.29, 0.717) is 26.4 Å². The number of halogens is 2. The van der Waals surface area contributed by atoms with E-state index in [2.05, 4.69) is 5.10 Å². The van der Waals surface area contributed by atoms with Gasteiger partial charge in [0.1, 0.15) is 6.61 Å². The van der Waals surface area contributed by atoms with Crippen molar-refractivity contribution in [3.63, 3.8) is 0 Å². The standard InChI is InChI=1S/C17H12Cl2N2O3/c1-21-16(22)11-6-3-2-5-10(11)15(20-21)17(23)24-9-12-13(18)7-4-8-14(12)19/h2-8H,9H2,1H3. The monoisotopic (exact) mass is 362 g/mol. The van der Waals surface area contributed by atoms with Gasteiger partial charge in [0.2, 0.25) is 0 Å². The molecule has 0 saturated heterocycles. The van der Waals surface area contributed by atoms with Crippen LogP contribution >= 0.6 is 23.2 Å². The molecule has 0 aliphatic heterocycles. The molecule has 0 N–H and O–H groups in total. The maximum absolute atomic E-state index is 12.4. The molecular weight excluding hydrogens is 351 g/mol. The number of rotatable bonds is 3. The maximum atomic E-state index is 12.4. The molecule has 122 valence electrons. The van der Waals surface area contributed by atoms with Gasteiger partial charge in [0, 0.05) is 28.0 Å². The van der Waals surface area contributed by atoms with Crippen LogP contribution in [0.3, 0.4) is 0 Å². The summed E-state index contributed by atoms with van der Waals surface area (Å²) in [4.78, 5) is 24.5. The zero-order valence-electron chi connectivity index (χ0n) is 12.6. The fourth-order valence-corrected chi connectivity index (χ4v) is 2.83. The molecule has 1 heterocycles. The van der Waals surface area contributed by atoms with Crippen LogP contribution < -0.4 is 5.56 Å². The van der Waals surface area contributed by atoms with Crippen LogP contribution in [0.5, 0.6) is 0 Å². The van der Waals surface area contributed by atoms with Gasteiger partial charge in [0.15, 0.2) is 5.69 Å². The molecule has 0 saturated carbocycles. The minimum absolute atomic E-state index is 0.0656. The van der Waals surface area contributed by atoms with E-state index < -0.39 is 5.97 Å². The average Bonchev–Trinajstić information content (AvgIpc) is 2.57. The predicted molar refractivity (Wildman–Crippen MR) is 92.6 cm³/mol. The molecule has 0 fully saturated rings. The molecule has 7 heteroatoms. The Bertz CT molecular complexity index is 979. The normalized spacial score (nSPS) is 10.8. The van der Waals surface area contributed by atoms with Gasteiger partial charge in [0.25, 0.3) is 5.56 Å². The highest BCUT2D eigenvalue weighted by atomic mass is 35.5. The molecule has 0 spiro atoms. The second-order valence-electron chi connectivity index (χ2n) is 5.10. The van der Waals surface area contributed by atoms with Crippen molar-refractivity contribution in [1.82, 2.24) is 9.78 Å². The number of carbonyl (C=O) groups is 1. The van der Waals surface area contributed by atoms with Crippen LogP contribution in [0.2, 0.25) is 10.0 Å². The lowest BCUT2D eigenvalue weighted by Gasteiger charge is -2.10. The largest absolute Gasteiger partial charge is 0.456 e. The summed E-state index contributed by atoms with van der Waals surface area (Å²) in [5.41, 5.74) is 0.301. The minimum atomic E-state index is -0.655. The first-order chi connectivity index (χ1) is 11.5. The van der Waals surface area contributed by atoms with Gasteiger partial charge in [-0.3, -0.25) is 4.79 Å². The van der Waals surface area contributed by atoms with Gasteiger partial charge >= 0.3 is 5.97 Å². The van der Waals surface area contributed by atoms with E-state index >= 15 is 0 Å². The van der Waals surface area contributed by atoms with E-state index in [1.165, 1.54) is 7.05 Å². The third kappa shape index (κ3) is 3.00. The van der Waals surface area contributed by atoms with E-state index in [9.17, 15) is 9.59 Å². The maximum Gasteiger partial charge on any atom is 0.359 e. The molecular formula is C17H12Cl2N2O3. The van der Waals surface area contributed by atoms with Crippen LogP contribution in [0.15, 0.2) is 47.3 Å². The Morgan fingerprint density at radius 3 is 2.38 bits per heavy atom. The summed E-state index contributed by atoms with van der Waals surface area (Å²) in [6, 6.07) is 11.8. The molecule has 0 atom stereocenters. The van der Waals surface area contributed by atoms with Gasteiger partial charge in [0.05, 0.1) is 5.39 Å². The zero-order valence-corrected chi connectivity index (χ0v) is 14.1. The van der Waals surface area contributed by atoms with Crippen LogP contribution in [0.1, 0.15) is 16.1 Å². The van der Waals surface area contributed by atoms with Crippen LogP contribution in [-0.2, 0) is 18.4 Å². The van der Waals surface area contributed by atoms with Crippen molar-refractivity contribution in [3.8, 4) is 0 Å². The number of hydrogen-bond acceptors (Lipinski definition) is 4. The third-order valence-electron chi connectivity index (χ3n) is 3.56. The average molecular weight is 363 g/mol. The first-order valence-electron chi connectivity index (χ1n) is 7.05. The van der Waals surface area contributed by atoms with Crippen molar-refractivity contribution in [1.29, 1.82) is 0 Å². The topological polar surface area (TPSA) is 61.2 Å². The second kappa shape index (κ2) is 6.63. The van der Waals surface area contributed by atoms with Crippen molar-refractivity contribution >= 4 is 39.9 Å². The van der Waals surface area contributed by atoms with Crippen molar-refractivity contribution in [2.45, 2.75) is 6.61 Å². The summed E-state index contributed by atoms with van der Waals surface area (Å²) in [6.07, 6.45) is 0. The van der Waals surface area contributed by atoms with Gasteiger partial charge in [-0.15, -0.1) is 0 Å². The van der Waals surface area contributed by atoms with Gasteiger partial charge in [-0.05, 0) is 18.2 Å². The second-order valence-corrected chi connectivity index (χ2v) is 5.91. The van der Waals surface area contributed by atoms with E-state index in [1.807, 2.05) is 0 Å². The molecule has 3 aromatic rings. The molecule has 1 aromatic heterocycles. The van der Waals surface area contributed by atoms with Crippen molar-refractivity contribution < 1.29 is 9.53 Å². The Kier molecular flexibility index (Phi) is 4.55. The molecule has 24 heavy (non-hydrogen) atoms. The Morgan fingerprint density at radius 1 is 1.08 bits per heavy atom. The Hall–Kier alpha value is -2.37. The number of esters is 1. The number of ether oxygens (including phenoxy) is 1. The third-order valence-corrected chi connectivity index (χ3v) is 4.27. The lowest BCUT2D eigenvalue weighted by molar-refractivity contribution is 0.0466. The van der Waals surface area contributed by atoms with Crippen molar-refractivity contribution in [2.24, 2.45) is 7.05 Å². The highest BCUT2D eigenvalue weighted by Gasteiger charge is 2.18. The zero-order chi connectivity index (χ0) is 17.3. The fourth-order valence-electron chi connectivity index (χ4n) is 2.33. The van der Waals surface area contributed by atoms with E-state index in [0.717, 1.165) is 4.68 Å². The SMILES string of the molecule is Cn1nc(C(=O)OCc2c(Cl)cccc2Cl)c2ccccc2c1=O. The molecule has 5 nitrogen and oxygen atoms in total. The van der Waals surface area contributed by atoms with Crippen molar-refractivity contribution in [2.75, 3.05) is 0 Å². The van der Waals surface area contributed by atoms with E-state index in [4.69, 9.17) is 27.9 Å². The summed E-state index contributed by atoms with van der Waals surface area (Å²) >= 11 is 12.1. The molecule has 0 aliphatic rings. The first-order valence-corrected chi connectivity index (χ1v) is 7.80. The van der Waals surface area contributed by atoms with E-state index in [-0.39, 0.29) is 17.9 Å². The van der Waals surface area contributed by atoms with Crippen LogP contribution in [0.4, 0.5) is 0 Å².